The third kappa shape index (κ3) is 5.98. The van der Waals surface area contributed by atoms with E-state index in [1.807, 2.05) is 0 Å². The second-order valence-electron chi connectivity index (χ2n) is 5.64. The van der Waals surface area contributed by atoms with Gasteiger partial charge < -0.3 is 10.4 Å². The van der Waals surface area contributed by atoms with Gasteiger partial charge in [0.1, 0.15) is 0 Å². The maximum absolute atomic E-state index is 9.01. The molecule has 1 heterocycles. The van der Waals surface area contributed by atoms with Crippen molar-refractivity contribution in [3.8, 4) is 0 Å². The molecule has 0 aromatic rings. The Balaban J connectivity index is 2.24. The summed E-state index contributed by atoms with van der Waals surface area (Å²) in [6.45, 7) is 10.3. The van der Waals surface area contributed by atoms with Crippen LogP contribution in [-0.4, -0.2) is 48.3 Å². The fourth-order valence-electron chi connectivity index (χ4n) is 2.49. The summed E-state index contributed by atoms with van der Waals surface area (Å²) >= 11 is 0. The van der Waals surface area contributed by atoms with Gasteiger partial charge in [0.15, 0.2) is 0 Å². The maximum Gasteiger partial charge on any atom is 0.0445 e. The number of nitrogens with zero attached hydrogens (tertiary/aromatic N) is 1. The van der Waals surface area contributed by atoms with Gasteiger partial charge in [-0.05, 0) is 52.6 Å². The molecule has 3 nitrogen and oxygen atoms in total. The van der Waals surface area contributed by atoms with E-state index in [9.17, 15) is 0 Å². The predicted molar refractivity (Wildman–Crippen MR) is 77.8 cm³/mol. The molecule has 0 spiro atoms. The summed E-state index contributed by atoms with van der Waals surface area (Å²) in [4.78, 5) is 2.53. The highest BCUT2D eigenvalue weighted by atomic mass is 16.3. The molecule has 0 aromatic heterocycles. The van der Waals surface area contributed by atoms with Crippen LogP contribution < -0.4 is 5.32 Å². The third-order valence-corrected chi connectivity index (χ3v) is 3.79. The molecule has 1 rings (SSSR count). The Kier molecular flexibility index (Phi) is 7.56. The van der Waals surface area contributed by atoms with Crippen molar-refractivity contribution in [1.29, 1.82) is 0 Å². The SMILES string of the molecule is CCC(CCO)NC1CCN(CC=C(C)C)CC1. The zero-order valence-electron chi connectivity index (χ0n) is 12.3. The van der Waals surface area contributed by atoms with Gasteiger partial charge >= 0.3 is 0 Å². The van der Waals surface area contributed by atoms with Crippen LogP contribution >= 0.6 is 0 Å². The first-order valence-corrected chi connectivity index (χ1v) is 7.38. The molecule has 1 atom stereocenters. The first-order valence-electron chi connectivity index (χ1n) is 7.38. The van der Waals surface area contributed by atoms with Gasteiger partial charge in [-0.25, -0.2) is 0 Å². The van der Waals surface area contributed by atoms with E-state index in [0.29, 0.717) is 18.7 Å². The van der Waals surface area contributed by atoms with Crippen LogP contribution in [0.5, 0.6) is 0 Å². The number of piperidine rings is 1. The van der Waals surface area contributed by atoms with E-state index in [0.717, 1.165) is 19.4 Å². The fraction of sp³-hybridized carbons (Fsp3) is 0.867. The van der Waals surface area contributed by atoms with Gasteiger partial charge in [0.2, 0.25) is 0 Å². The van der Waals surface area contributed by atoms with E-state index in [1.54, 1.807) is 0 Å². The van der Waals surface area contributed by atoms with Crippen LogP contribution in [0.15, 0.2) is 11.6 Å². The van der Waals surface area contributed by atoms with E-state index < -0.39 is 0 Å². The number of rotatable bonds is 7. The van der Waals surface area contributed by atoms with Crippen molar-refractivity contribution in [2.24, 2.45) is 0 Å². The molecule has 3 heteroatoms. The van der Waals surface area contributed by atoms with E-state index >= 15 is 0 Å². The molecule has 0 aliphatic carbocycles. The summed E-state index contributed by atoms with van der Waals surface area (Å²) in [6, 6.07) is 1.13. The first kappa shape index (κ1) is 15.7. The number of likely N-dealkylation sites (tertiary alicyclic amines) is 1. The normalized spacial score (nSPS) is 19.8. The highest BCUT2D eigenvalue weighted by molar-refractivity contribution is 4.95. The van der Waals surface area contributed by atoms with Crippen LogP contribution in [-0.2, 0) is 0 Å². The van der Waals surface area contributed by atoms with E-state index in [4.69, 9.17) is 5.11 Å². The highest BCUT2D eigenvalue weighted by Crippen LogP contribution is 2.12. The van der Waals surface area contributed by atoms with Gasteiger partial charge in [-0.15, -0.1) is 0 Å². The third-order valence-electron chi connectivity index (χ3n) is 3.79. The summed E-state index contributed by atoms with van der Waals surface area (Å²) in [5, 5.41) is 12.7. The van der Waals surface area contributed by atoms with Gasteiger partial charge in [-0.1, -0.05) is 18.6 Å². The van der Waals surface area contributed by atoms with Gasteiger partial charge in [0, 0.05) is 25.2 Å². The quantitative estimate of drug-likeness (QED) is 0.684. The molecule has 1 saturated heterocycles. The van der Waals surface area contributed by atoms with Crippen molar-refractivity contribution in [1.82, 2.24) is 10.2 Å². The summed E-state index contributed by atoms with van der Waals surface area (Å²) in [6.07, 6.45) is 6.78. The maximum atomic E-state index is 9.01. The van der Waals surface area contributed by atoms with Crippen LogP contribution in [0.2, 0.25) is 0 Å². The Morgan fingerprint density at radius 3 is 2.56 bits per heavy atom. The molecular weight excluding hydrogens is 224 g/mol. The largest absolute Gasteiger partial charge is 0.396 e. The second kappa shape index (κ2) is 8.68. The Labute approximate surface area is 112 Å². The minimum Gasteiger partial charge on any atom is -0.396 e. The van der Waals surface area contributed by atoms with Gasteiger partial charge in [0.25, 0.3) is 0 Å². The molecule has 0 aromatic carbocycles. The number of nitrogens with one attached hydrogen (secondary N) is 1. The number of aliphatic hydroxyl groups is 1. The zero-order chi connectivity index (χ0) is 13.4. The van der Waals surface area contributed by atoms with Gasteiger partial charge in [-0.2, -0.15) is 0 Å². The van der Waals surface area contributed by atoms with Crippen molar-refractivity contribution in [2.45, 2.75) is 58.5 Å². The molecule has 0 radical (unpaired) electrons. The van der Waals surface area contributed by atoms with Crippen LogP contribution in [0.25, 0.3) is 0 Å². The van der Waals surface area contributed by atoms with Gasteiger partial charge in [0.05, 0.1) is 0 Å². The molecule has 106 valence electrons. The summed E-state index contributed by atoms with van der Waals surface area (Å²) < 4.78 is 0. The minimum absolute atomic E-state index is 0.297. The first-order chi connectivity index (χ1) is 8.65. The average molecular weight is 254 g/mol. The van der Waals surface area contributed by atoms with Crippen molar-refractivity contribution >= 4 is 0 Å². The minimum atomic E-state index is 0.297. The molecule has 1 fully saturated rings. The lowest BCUT2D eigenvalue weighted by Crippen LogP contribution is -2.46. The summed E-state index contributed by atoms with van der Waals surface area (Å²) in [7, 11) is 0. The molecule has 1 aliphatic rings. The number of allylic oxidation sites excluding steroid dienone is 1. The Morgan fingerprint density at radius 2 is 2.06 bits per heavy atom. The lowest BCUT2D eigenvalue weighted by molar-refractivity contribution is 0.194. The lowest BCUT2D eigenvalue weighted by Gasteiger charge is -2.34. The van der Waals surface area contributed by atoms with E-state index in [1.165, 1.54) is 31.5 Å². The highest BCUT2D eigenvalue weighted by Gasteiger charge is 2.20. The molecule has 1 aliphatic heterocycles. The smallest absolute Gasteiger partial charge is 0.0445 e. The zero-order valence-corrected chi connectivity index (χ0v) is 12.3. The lowest BCUT2D eigenvalue weighted by atomic mass is 10.0. The second-order valence-corrected chi connectivity index (χ2v) is 5.64. The van der Waals surface area contributed by atoms with Crippen molar-refractivity contribution < 1.29 is 5.11 Å². The fourth-order valence-corrected chi connectivity index (χ4v) is 2.49. The Hall–Kier alpha value is -0.380. The Morgan fingerprint density at radius 1 is 1.39 bits per heavy atom. The van der Waals surface area contributed by atoms with Crippen molar-refractivity contribution in [3.05, 3.63) is 11.6 Å². The molecule has 0 saturated carbocycles. The number of aliphatic hydroxyl groups excluding tert-OH is 1. The number of hydrogen-bond acceptors (Lipinski definition) is 3. The average Bonchev–Trinajstić information content (AvgIpc) is 2.37. The predicted octanol–water partition coefficient (Wildman–Crippen LogP) is 2.17. The van der Waals surface area contributed by atoms with E-state index in [2.05, 4.69) is 37.1 Å². The van der Waals surface area contributed by atoms with Gasteiger partial charge in [-0.3, -0.25) is 4.90 Å². The molecule has 0 bridgehead atoms. The molecule has 18 heavy (non-hydrogen) atoms. The summed E-state index contributed by atoms with van der Waals surface area (Å²) in [5.74, 6) is 0. The summed E-state index contributed by atoms with van der Waals surface area (Å²) in [5.41, 5.74) is 1.41. The molecule has 0 amide bonds. The van der Waals surface area contributed by atoms with Crippen molar-refractivity contribution in [2.75, 3.05) is 26.2 Å². The Bertz CT molecular complexity index is 241. The topological polar surface area (TPSA) is 35.5 Å². The molecule has 1 unspecified atom stereocenters. The number of hydrogen-bond donors (Lipinski definition) is 2. The molecular formula is C15H30N2O. The van der Waals surface area contributed by atoms with Crippen molar-refractivity contribution in [3.63, 3.8) is 0 Å². The van der Waals surface area contributed by atoms with E-state index in [-0.39, 0.29) is 0 Å². The van der Waals surface area contributed by atoms with Crippen LogP contribution in [0, 0.1) is 0 Å². The molecule has 2 N–H and O–H groups in total. The van der Waals surface area contributed by atoms with Crippen LogP contribution in [0.4, 0.5) is 0 Å². The van der Waals surface area contributed by atoms with Crippen LogP contribution in [0.3, 0.4) is 0 Å². The standard InChI is InChI=1S/C15H30N2O/c1-4-14(8-12-18)16-15-6-10-17(11-7-15)9-5-13(2)3/h5,14-16,18H,4,6-12H2,1-3H3. The monoisotopic (exact) mass is 254 g/mol. The van der Waals surface area contributed by atoms with Crippen LogP contribution in [0.1, 0.15) is 46.5 Å².